The van der Waals surface area contributed by atoms with Crippen molar-refractivity contribution in [2.75, 3.05) is 13.1 Å². The van der Waals surface area contributed by atoms with Crippen LogP contribution in [0.4, 0.5) is 0 Å². The van der Waals surface area contributed by atoms with E-state index in [-0.39, 0.29) is 10.8 Å². The predicted octanol–water partition coefficient (Wildman–Crippen LogP) is 3.52. The average Bonchev–Trinajstić information content (AvgIpc) is 2.77. The normalized spacial score (nSPS) is 11.5. The number of carbonyl (C=O) groups is 1. The fourth-order valence-electron chi connectivity index (χ4n) is 3.02. The molecule has 7 nitrogen and oxygen atoms in total. The van der Waals surface area contributed by atoms with E-state index < -0.39 is 10.0 Å². The molecule has 0 aliphatic heterocycles. The van der Waals surface area contributed by atoms with Gasteiger partial charge < -0.3 is 5.32 Å². The number of hydrogen-bond donors (Lipinski definition) is 2. The van der Waals surface area contributed by atoms with Crippen LogP contribution in [0.5, 0.6) is 0 Å². The van der Waals surface area contributed by atoms with Gasteiger partial charge in [0.05, 0.1) is 21.7 Å². The number of carbonyl (C=O) groups excluding carboxylic acids is 1. The average molecular weight is 427 g/mol. The van der Waals surface area contributed by atoms with Gasteiger partial charge in [0.2, 0.25) is 10.0 Å². The Bertz CT molecular complexity index is 1130. The van der Waals surface area contributed by atoms with Gasteiger partial charge in [0, 0.05) is 36.4 Å². The lowest BCUT2D eigenvalue weighted by Gasteiger charge is -2.12. The molecule has 0 bridgehead atoms. The first-order chi connectivity index (χ1) is 14.5. The highest BCUT2D eigenvalue weighted by atomic mass is 32.2. The smallest absolute Gasteiger partial charge is 0.252 e. The van der Waals surface area contributed by atoms with E-state index in [0.29, 0.717) is 35.2 Å². The third kappa shape index (κ3) is 5.01. The molecule has 0 unspecified atom stereocenters. The highest BCUT2D eigenvalue weighted by Gasteiger charge is 2.18. The van der Waals surface area contributed by atoms with E-state index in [4.69, 9.17) is 0 Å². The minimum absolute atomic E-state index is 0.117. The number of nitrogens with zero attached hydrogens (tertiary/aromatic N) is 2. The third-order valence-electron chi connectivity index (χ3n) is 4.65. The van der Waals surface area contributed by atoms with Gasteiger partial charge >= 0.3 is 0 Å². The van der Waals surface area contributed by atoms with Crippen molar-refractivity contribution in [2.24, 2.45) is 0 Å². The van der Waals surface area contributed by atoms with Crippen LogP contribution in [0.25, 0.3) is 22.2 Å². The van der Waals surface area contributed by atoms with Gasteiger partial charge in [-0.3, -0.25) is 9.78 Å². The molecule has 0 aliphatic rings. The predicted molar refractivity (Wildman–Crippen MR) is 118 cm³/mol. The van der Waals surface area contributed by atoms with Crippen molar-refractivity contribution >= 4 is 26.8 Å². The van der Waals surface area contributed by atoms with Gasteiger partial charge in [-0.25, -0.2) is 18.1 Å². The summed E-state index contributed by atoms with van der Waals surface area (Å²) in [5.74, 6) is -0.261. The van der Waals surface area contributed by atoms with Gasteiger partial charge in [0.1, 0.15) is 0 Å². The summed E-state index contributed by atoms with van der Waals surface area (Å²) in [6, 6.07) is 10.0. The zero-order valence-electron chi connectivity index (χ0n) is 17.2. The maximum atomic E-state index is 12.9. The van der Waals surface area contributed by atoms with E-state index in [2.05, 4.69) is 20.0 Å². The third-order valence-corrected chi connectivity index (χ3v) is 6.11. The van der Waals surface area contributed by atoms with Gasteiger partial charge in [-0.05, 0) is 49.2 Å². The molecule has 2 heterocycles. The number of rotatable bonds is 9. The second kappa shape index (κ2) is 9.77. The van der Waals surface area contributed by atoms with Crippen molar-refractivity contribution < 1.29 is 13.2 Å². The van der Waals surface area contributed by atoms with E-state index in [0.717, 1.165) is 24.8 Å². The van der Waals surface area contributed by atoms with E-state index >= 15 is 0 Å². The quantitative estimate of drug-likeness (QED) is 0.510. The number of hydrogen-bond acceptors (Lipinski definition) is 5. The number of aromatic nitrogens is 2. The zero-order chi connectivity index (χ0) is 21.6. The fourth-order valence-corrected chi connectivity index (χ4v) is 4.12. The summed E-state index contributed by atoms with van der Waals surface area (Å²) in [7, 11) is -3.67. The Labute approximate surface area is 177 Å². The molecular weight excluding hydrogens is 400 g/mol. The molecule has 0 saturated heterocycles. The van der Waals surface area contributed by atoms with E-state index in [1.807, 2.05) is 19.9 Å². The van der Waals surface area contributed by atoms with Crippen LogP contribution in [0.3, 0.4) is 0 Å². The van der Waals surface area contributed by atoms with Crippen LogP contribution in [-0.2, 0) is 10.0 Å². The Balaban J connectivity index is 2.11. The summed E-state index contributed by atoms with van der Waals surface area (Å²) < 4.78 is 27.9. The number of fused-ring (bicyclic) bond motifs is 1. The lowest BCUT2D eigenvalue weighted by Crippen LogP contribution is -2.25. The van der Waals surface area contributed by atoms with E-state index in [1.54, 1.807) is 30.6 Å². The first-order valence-electron chi connectivity index (χ1n) is 10.1. The molecule has 2 aromatic heterocycles. The first-order valence-corrected chi connectivity index (χ1v) is 11.6. The van der Waals surface area contributed by atoms with E-state index in [1.165, 1.54) is 12.1 Å². The maximum Gasteiger partial charge on any atom is 0.252 e. The number of pyridine rings is 2. The molecule has 0 saturated carbocycles. The van der Waals surface area contributed by atoms with Crippen molar-refractivity contribution in [1.82, 2.24) is 20.0 Å². The van der Waals surface area contributed by atoms with Crippen LogP contribution in [0.2, 0.25) is 0 Å². The molecule has 30 heavy (non-hydrogen) atoms. The standard InChI is InChI=1S/C22H26N4O3S/c1-3-5-12-25-30(28,29)17-8-9-20-18(13-17)19(22(27)24-10-4-2)14-21(26-20)16-7-6-11-23-15-16/h6-9,11,13-15,25H,3-5,10,12H2,1-2H3,(H,24,27). The summed E-state index contributed by atoms with van der Waals surface area (Å²) in [4.78, 5) is 21.7. The van der Waals surface area contributed by atoms with Crippen molar-refractivity contribution in [1.29, 1.82) is 0 Å². The second-order valence-corrected chi connectivity index (χ2v) is 8.75. The Morgan fingerprint density at radius 3 is 2.60 bits per heavy atom. The number of unbranched alkanes of at least 4 members (excludes halogenated alkanes) is 1. The van der Waals surface area contributed by atoms with Crippen molar-refractivity contribution in [2.45, 2.75) is 38.0 Å². The molecule has 1 amide bonds. The van der Waals surface area contributed by atoms with Crippen LogP contribution >= 0.6 is 0 Å². The van der Waals surface area contributed by atoms with Crippen LogP contribution in [0, 0.1) is 0 Å². The van der Waals surface area contributed by atoms with Crippen LogP contribution in [0.15, 0.2) is 53.7 Å². The molecule has 0 radical (unpaired) electrons. The van der Waals surface area contributed by atoms with E-state index in [9.17, 15) is 13.2 Å². The topological polar surface area (TPSA) is 101 Å². The summed E-state index contributed by atoms with van der Waals surface area (Å²) in [6.45, 7) is 4.87. The highest BCUT2D eigenvalue weighted by Crippen LogP contribution is 2.26. The van der Waals surface area contributed by atoms with Crippen molar-refractivity contribution in [3.05, 3.63) is 54.4 Å². The summed E-state index contributed by atoms with van der Waals surface area (Å²) in [5, 5.41) is 3.37. The zero-order valence-corrected chi connectivity index (χ0v) is 18.0. The molecule has 0 atom stereocenters. The summed E-state index contributed by atoms with van der Waals surface area (Å²) in [5.41, 5.74) is 2.32. The molecule has 0 aliphatic carbocycles. The lowest BCUT2D eigenvalue weighted by molar-refractivity contribution is 0.0955. The summed E-state index contributed by atoms with van der Waals surface area (Å²) in [6.07, 6.45) is 5.79. The fraction of sp³-hybridized carbons (Fsp3) is 0.318. The van der Waals surface area contributed by atoms with Crippen LogP contribution in [0.1, 0.15) is 43.5 Å². The number of sulfonamides is 1. The molecule has 8 heteroatoms. The van der Waals surface area contributed by atoms with Gasteiger partial charge in [-0.15, -0.1) is 0 Å². The molecule has 1 aromatic carbocycles. The van der Waals surface area contributed by atoms with Gasteiger partial charge in [-0.2, -0.15) is 0 Å². The molecule has 2 N–H and O–H groups in total. The Morgan fingerprint density at radius 1 is 1.07 bits per heavy atom. The van der Waals surface area contributed by atoms with Crippen LogP contribution in [-0.4, -0.2) is 37.4 Å². The molecule has 0 fully saturated rings. The molecule has 0 spiro atoms. The molecular formula is C22H26N4O3S. The Kier molecular flexibility index (Phi) is 7.12. The van der Waals surface area contributed by atoms with Gasteiger partial charge in [0.25, 0.3) is 5.91 Å². The Morgan fingerprint density at radius 2 is 1.90 bits per heavy atom. The minimum Gasteiger partial charge on any atom is -0.352 e. The first kappa shape index (κ1) is 21.9. The lowest BCUT2D eigenvalue weighted by atomic mass is 10.0. The number of nitrogens with one attached hydrogen (secondary N) is 2. The largest absolute Gasteiger partial charge is 0.352 e. The molecule has 3 aromatic rings. The molecule has 158 valence electrons. The maximum absolute atomic E-state index is 12.9. The number of benzene rings is 1. The van der Waals surface area contributed by atoms with Crippen molar-refractivity contribution in [3.8, 4) is 11.3 Å². The minimum atomic E-state index is -3.67. The SMILES string of the molecule is CCCCNS(=O)(=O)c1ccc2nc(-c3cccnc3)cc(C(=O)NCCC)c2c1. The summed E-state index contributed by atoms with van der Waals surface area (Å²) >= 11 is 0. The second-order valence-electron chi connectivity index (χ2n) is 6.98. The number of amides is 1. The monoisotopic (exact) mass is 426 g/mol. The van der Waals surface area contributed by atoms with Crippen molar-refractivity contribution in [3.63, 3.8) is 0 Å². The highest BCUT2D eigenvalue weighted by molar-refractivity contribution is 7.89. The van der Waals surface area contributed by atoms with Gasteiger partial charge in [0.15, 0.2) is 0 Å². The molecule has 3 rings (SSSR count). The van der Waals surface area contributed by atoms with Crippen LogP contribution < -0.4 is 10.0 Å². The van der Waals surface area contributed by atoms with Gasteiger partial charge in [-0.1, -0.05) is 20.3 Å². The Hall–Kier alpha value is -2.84.